The van der Waals surface area contributed by atoms with Gasteiger partial charge in [-0.1, -0.05) is 26.8 Å². The average Bonchev–Trinajstić information content (AvgIpc) is 3.40. The lowest BCUT2D eigenvalue weighted by atomic mass is 9.87. The molecule has 35 heavy (non-hydrogen) atoms. The molecule has 1 atom stereocenters. The van der Waals surface area contributed by atoms with Crippen molar-refractivity contribution in [2.75, 3.05) is 18.0 Å². The molecule has 2 aliphatic heterocycles. The predicted molar refractivity (Wildman–Crippen MR) is 128 cm³/mol. The SMILES string of the molecule is CCN1C(=O)c2nc(-c3ccc(F)cc3)n(Cc3ccc(F)c(F)c3)c2N2C[C@@H](C(C)(C)C)N=C12. The summed E-state index contributed by atoms with van der Waals surface area (Å²) >= 11 is 0. The third kappa shape index (κ3) is 3.88. The lowest BCUT2D eigenvalue weighted by molar-refractivity contribution is 0.0841. The number of guanidine groups is 1. The van der Waals surface area contributed by atoms with Gasteiger partial charge in [0.1, 0.15) is 17.5 Å². The highest BCUT2D eigenvalue weighted by Crippen LogP contribution is 2.39. The summed E-state index contributed by atoms with van der Waals surface area (Å²) in [6.07, 6.45) is 0. The van der Waals surface area contributed by atoms with Gasteiger partial charge in [-0.25, -0.2) is 23.1 Å². The molecule has 5 rings (SSSR count). The first kappa shape index (κ1) is 23.1. The molecule has 1 aromatic heterocycles. The smallest absolute Gasteiger partial charge is 0.283 e. The van der Waals surface area contributed by atoms with Gasteiger partial charge in [0.25, 0.3) is 5.91 Å². The van der Waals surface area contributed by atoms with E-state index in [1.54, 1.807) is 21.6 Å². The summed E-state index contributed by atoms with van der Waals surface area (Å²) in [5.41, 5.74) is 1.21. The fraction of sp³-hybridized carbons (Fsp3) is 0.346. The molecule has 3 aromatic rings. The maximum Gasteiger partial charge on any atom is 0.283 e. The Kier molecular flexibility index (Phi) is 5.45. The highest BCUT2D eigenvalue weighted by atomic mass is 19.2. The molecule has 0 aliphatic carbocycles. The molecule has 6 nitrogen and oxygen atoms in total. The molecule has 3 heterocycles. The lowest BCUT2D eigenvalue weighted by Gasteiger charge is -2.34. The Labute approximate surface area is 201 Å². The summed E-state index contributed by atoms with van der Waals surface area (Å²) in [5, 5.41) is 0. The number of amides is 1. The minimum Gasteiger partial charge on any atom is -0.305 e. The normalized spacial score (nSPS) is 17.5. The van der Waals surface area contributed by atoms with Crippen LogP contribution in [0.3, 0.4) is 0 Å². The van der Waals surface area contributed by atoms with Crippen LogP contribution >= 0.6 is 0 Å². The van der Waals surface area contributed by atoms with Gasteiger partial charge in [-0.3, -0.25) is 14.6 Å². The van der Waals surface area contributed by atoms with E-state index in [1.165, 1.54) is 18.2 Å². The number of aliphatic imine (C=N–C) groups is 1. The number of carbonyl (C=O) groups is 1. The summed E-state index contributed by atoms with van der Waals surface area (Å²) in [6.45, 7) is 9.28. The van der Waals surface area contributed by atoms with Gasteiger partial charge in [0, 0.05) is 12.1 Å². The largest absolute Gasteiger partial charge is 0.305 e. The van der Waals surface area contributed by atoms with E-state index in [0.29, 0.717) is 41.8 Å². The van der Waals surface area contributed by atoms with Crippen molar-refractivity contribution in [2.24, 2.45) is 10.4 Å². The van der Waals surface area contributed by atoms with Crippen LogP contribution < -0.4 is 4.90 Å². The van der Waals surface area contributed by atoms with E-state index in [-0.39, 0.29) is 29.6 Å². The van der Waals surface area contributed by atoms with Crippen LogP contribution in [0.15, 0.2) is 47.5 Å². The molecule has 0 fully saturated rings. The zero-order valence-electron chi connectivity index (χ0n) is 20.0. The standard InChI is InChI=1S/C26H26F3N5O/c1-5-32-24(35)21-23(34-14-20(26(2,3)4)30-25(32)34)33(13-15-6-11-18(28)19(29)12-15)22(31-21)16-7-9-17(27)10-8-16/h6-12,20H,5,13-14H2,1-4H3/t20-/m0/s1. The molecule has 2 aromatic carbocycles. The molecule has 0 saturated heterocycles. The van der Waals surface area contributed by atoms with Gasteiger partial charge in [0.05, 0.1) is 19.1 Å². The number of carbonyl (C=O) groups excluding carboxylic acids is 1. The van der Waals surface area contributed by atoms with E-state index in [9.17, 15) is 18.0 Å². The summed E-state index contributed by atoms with van der Waals surface area (Å²) in [4.78, 5) is 26.7. The second-order valence-corrected chi connectivity index (χ2v) is 9.92. The van der Waals surface area contributed by atoms with Gasteiger partial charge in [0.15, 0.2) is 17.3 Å². The topological polar surface area (TPSA) is 53.7 Å². The maximum absolute atomic E-state index is 14.0. The zero-order valence-corrected chi connectivity index (χ0v) is 20.0. The molecule has 0 saturated carbocycles. The summed E-state index contributed by atoms with van der Waals surface area (Å²) < 4.78 is 43.1. The molecule has 0 N–H and O–H groups in total. The van der Waals surface area contributed by atoms with Crippen LogP contribution in [0, 0.1) is 22.9 Å². The Morgan fingerprint density at radius 1 is 1.03 bits per heavy atom. The Morgan fingerprint density at radius 3 is 2.37 bits per heavy atom. The molecule has 1 amide bonds. The lowest BCUT2D eigenvalue weighted by Crippen LogP contribution is -2.51. The third-order valence-corrected chi connectivity index (χ3v) is 6.50. The number of hydrogen-bond donors (Lipinski definition) is 0. The number of anilines is 1. The number of imidazole rings is 1. The number of benzene rings is 2. The van der Waals surface area contributed by atoms with Gasteiger partial charge < -0.3 is 4.57 Å². The number of hydrogen-bond acceptors (Lipinski definition) is 4. The molecular formula is C26H26F3N5O. The minimum absolute atomic E-state index is 0.0637. The van der Waals surface area contributed by atoms with Crippen LogP contribution in [0.4, 0.5) is 19.0 Å². The Morgan fingerprint density at radius 2 is 1.74 bits per heavy atom. The summed E-state index contributed by atoms with van der Waals surface area (Å²) in [5.74, 6) is -1.02. The van der Waals surface area contributed by atoms with Crippen LogP contribution in [0.1, 0.15) is 43.7 Å². The van der Waals surface area contributed by atoms with Gasteiger partial charge in [-0.15, -0.1) is 0 Å². The van der Waals surface area contributed by atoms with Crippen molar-refractivity contribution < 1.29 is 18.0 Å². The molecule has 0 bridgehead atoms. The first-order valence-electron chi connectivity index (χ1n) is 11.6. The summed E-state index contributed by atoms with van der Waals surface area (Å²) in [6, 6.07) is 9.47. The fourth-order valence-corrected chi connectivity index (χ4v) is 4.52. The summed E-state index contributed by atoms with van der Waals surface area (Å²) in [7, 11) is 0. The van der Waals surface area contributed by atoms with E-state index >= 15 is 0 Å². The van der Waals surface area contributed by atoms with Crippen molar-refractivity contribution in [1.82, 2.24) is 14.5 Å². The van der Waals surface area contributed by atoms with Gasteiger partial charge in [0.2, 0.25) is 5.96 Å². The van der Waals surface area contributed by atoms with Crippen LogP contribution in [0.2, 0.25) is 0 Å². The van der Waals surface area contributed by atoms with Crippen molar-refractivity contribution in [2.45, 2.75) is 40.3 Å². The van der Waals surface area contributed by atoms with Crippen LogP contribution in [-0.2, 0) is 6.54 Å². The van der Waals surface area contributed by atoms with Gasteiger partial charge >= 0.3 is 0 Å². The Hall–Kier alpha value is -3.62. The Balaban J connectivity index is 1.71. The Bertz CT molecular complexity index is 1340. The molecule has 0 radical (unpaired) electrons. The van der Waals surface area contributed by atoms with E-state index in [0.717, 1.165) is 12.1 Å². The van der Waals surface area contributed by atoms with Crippen molar-refractivity contribution in [3.63, 3.8) is 0 Å². The molecule has 2 aliphatic rings. The van der Waals surface area contributed by atoms with Gasteiger partial charge in [-0.2, -0.15) is 0 Å². The average molecular weight is 482 g/mol. The molecular weight excluding hydrogens is 455 g/mol. The number of halogens is 3. The maximum atomic E-state index is 14.0. The number of aromatic nitrogens is 2. The predicted octanol–water partition coefficient (Wildman–Crippen LogP) is 5.08. The van der Waals surface area contributed by atoms with E-state index < -0.39 is 17.5 Å². The van der Waals surface area contributed by atoms with Crippen LogP contribution in [0.5, 0.6) is 0 Å². The minimum atomic E-state index is -0.954. The quantitative estimate of drug-likeness (QED) is 0.522. The van der Waals surface area contributed by atoms with E-state index in [1.807, 2.05) is 11.8 Å². The molecule has 0 unspecified atom stereocenters. The van der Waals surface area contributed by atoms with Crippen LogP contribution in [-0.4, -0.2) is 45.4 Å². The number of fused-ring (bicyclic) bond motifs is 3. The monoisotopic (exact) mass is 481 g/mol. The first-order chi connectivity index (χ1) is 16.6. The number of nitrogens with zero attached hydrogens (tertiary/aromatic N) is 5. The molecule has 0 spiro atoms. The van der Waals surface area contributed by atoms with E-state index in [4.69, 9.17) is 9.98 Å². The second-order valence-electron chi connectivity index (χ2n) is 9.92. The molecule has 9 heteroatoms. The fourth-order valence-electron chi connectivity index (χ4n) is 4.52. The highest BCUT2D eigenvalue weighted by molar-refractivity contribution is 6.18. The van der Waals surface area contributed by atoms with Crippen molar-refractivity contribution in [1.29, 1.82) is 0 Å². The third-order valence-electron chi connectivity index (χ3n) is 6.50. The second kappa shape index (κ2) is 8.25. The number of rotatable bonds is 4. The molecule has 182 valence electrons. The highest BCUT2D eigenvalue weighted by Gasteiger charge is 2.45. The van der Waals surface area contributed by atoms with Crippen molar-refractivity contribution in [3.05, 3.63) is 71.2 Å². The van der Waals surface area contributed by atoms with Crippen LogP contribution in [0.25, 0.3) is 11.4 Å². The van der Waals surface area contributed by atoms with E-state index in [2.05, 4.69) is 20.8 Å². The first-order valence-corrected chi connectivity index (χ1v) is 11.6. The van der Waals surface area contributed by atoms with Gasteiger partial charge in [-0.05, 0) is 54.3 Å². The van der Waals surface area contributed by atoms with Crippen molar-refractivity contribution in [3.8, 4) is 11.4 Å². The zero-order chi connectivity index (χ0) is 25.1. The van der Waals surface area contributed by atoms with Crippen molar-refractivity contribution >= 4 is 17.7 Å².